The van der Waals surface area contributed by atoms with Crippen LogP contribution in [0.2, 0.25) is 5.02 Å². The van der Waals surface area contributed by atoms with Crippen molar-refractivity contribution in [3.63, 3.8) is 0 Å². The molecule has 0 spiro atoms. The molecule has 1 aliphatic heterocycles. The second-order valence-corrected chi connectivity index (χ2v) is 7.93. The lowest BCUT2D eigenvalue weighted by Gasteiger charge is -2.26. The van der Waals surface area contributed by atoms with E-state index in [1.807, 2.05) is 36.4 Å². The van der Waals surface area contributed by atoms with Crippen LogP contribution >= 0.6 is 11.6 Å². The van der Waals surface area contributed by atoms with Crippen LogP contribution in [0.3, 0.4) is 0 Å². The van der Waals surface area contributed by atoms with E-state index >= 15 is 0 Å². The number of rotatable bonds is 7. The van der Waals surface area contributed by atoms with Crippen molar-refractivity contribution < 1.29 is 9.53 Å². The summed E-state index contributed by atoms with van der Waals surface area (Å²) in [6, 6.07) is 15.6. The summed E-state index contributed by atoms with van der Waals surface area (Å²) >= 11 is 5.89. The number of ether oxygens (including phenoxy) is 1. The van der Waals surface area contributed by atoms with Crippen molar-refractivity contribution in [2.75, 3.05) is 44.7 Å². The average Bonchev–Trinajstić information content (AvgIpc) is 3.16. The molecule has 2 N–H and O–H groups in total. The van der Waals surface area contributed by atoms with Crippen LogP contribution in [0, 0.1) is 0 Å². The highest BCUT2D eigenvalue weighted by Gasteiger charge is 2.11. The van der Waals surface area contributed by atoms with Gasteiger partial charge in [-0.25, -0.2) is 4.79 Å². The van der Waals surface area contributed by atoms with Crippen LogP contribution in [0.15, 0.2) is 54.7 Å². The molecule has 2 aromatic carbocycles. The second-order valence-electron chi connectivity index (χ2n) is 7.49. The lowest BCUT2D eigenvalue weighted by atomic mass is 10.1. The van der Waals surface area contributed by atoms with Gasteiger partial charge >= 0.3 is 6.03 Å². The Morgan fingerprint density at radius 1 is 1.03 bits per heavy atom. The van der Waals surface area contributed by atoms with Crippen molar-refractivity contribution in [1.29, 1.82) is 0 Å². The Bertz CT molecular complexity index is 981. The van der Waals surface area contributed by atoms with Gasteiger partial charge in [0.25, 0.3) is 0 Å². The molecule has 1 aromatic heterocycles. The number of anilines is 1. The van der Waals surface area contributed by atoms with Crippen molar-refractivity contribution in [2.45, 2.75) is 13.0 Å². The van der Waals surface area contributed by atoms with Crippen LogP contribution in [0.25, 0.3) is 10.9 Å². The molecule has 0 unspecified atom stereocenters. The van der Waals surface area contributed by atoms with E-state index in [1.54, 1.807) is 0 Å². The quantitative estimate of drug-likeness (QED) is 0.600. The summed E-state index contributed by atoms with van der Waals surface area (Å²) in [4.78, 5) is 14.6. The Hall–Kier alpha value is -2.54. The number of aromatic nitrogens is 1. The molecule has 2 heterocycles. The van der Waals surface area contributed by atoms with Crippen molar-refractivity contribution in [2.24, 2.45) is 0 Å². The third-order valence-corrected chi connectivity index (χ3v) is 5.65. The SMILES string of the molecule is O=C(NCCc1ccc(Cl)cc1)Nc1ccc2c(ccn2CCN2CCOCC2)c1. The van der Waals surface area contributed by atoms with Crippen LogP contribution in [-0.4, -0.2) is 54.9 Å². The number of fused-ring (bicyclic) bond motifs is 1. The van der Waals surface area contributed by atoms with Gasteiger partial charge in [0.05, 0.1) is 13.2 Å². The lowest BCUT2D eigenvalue weighted by molar-refractivity contribution is 0.0365. The summed E-state index contributed by atoms with van der Waals surface area (Å²) in [7, 11) is 0. The standard InChI is InChI=1S/C23H27ClN4O2/c24-20-3-1-18(2-4-20)7-9-25-23(29)26-21-5-6-22-19(17-21)8-10-28(22)12-11-27-13-15-30-16-14-27/h1-6,8,10,17H,7,9,11-16H2,(H2,25,26,29). The molecule has 0 aliphatic carbocycles. The van der Waals surface area contributed by atoms with Gasteiger partial charge in [-0.15, -0.1) is 0 Å². The van der Waals surface area contributed by atoms with Crippen LogP contribution in [-0.2, 0) is 17.7 Å². The predicted molar refractivity (Wildman–Crippen MR) is 121 cm³/mol. The normalized spacial score (nSPS) is 14.7. The fourth-order valence-corrected chi connectivity index (χ4v) is 3.82. The lowest BCUT2D eigenvalue weighted by Crippen LogP contribution is -2.38. The molecular weight excluding hydrogens is 400 g/mol. The largest absolute Gasteiger partial charge is 0.379 e. The summed E-state index contributed by atoms with van der Waals surface area (Å²) < 4.78 is 7.67. The van der Waals surface area contributed by atoms with E-state index in [-0.39, 0.29) is 6.03 Å². The van der Waals surface area contributed by atoms with Crippen LogP contribution < -0.4 is 10.6 Å². The molecule has 1 fully saturated rings. The van der Waals surface area contributed by atoms with E-state index < -0.39 is 0 Å². The van der Waals surface area contributed by atoms with E-state index in [9.17, 15) is 4.79 Å². The van der Waals surface area contributed by atoms with Crippen molar-refractivity contribution in [3.05, 3.63) is 65.3 Å². The number of amides is 2. The molecule has 7 heteroatoms. The Kier molecular flexibility index (Phi) is 6.89. The first-order valence-electron chi connectivity index (χ1n) is 10.4. The van der Waals surface area contributed by atoms with Crippen molar-refractivity contribution in [3.8, 4) is 0 Å². The summed E-state index contributed by atoms with van der Waals surface area (Å²) in [5.41, 5.74) is 3.11. The van der Waals surface area contributed by atoms with Gasteiger partial charge in [-0.2, -0.15) is 0 Å². The molecule has 4 rings (SSSR count). The molecule has 0 saturated carbocycles. The van der Waals surface area contributed by atoms with Gasteiger partial charge in [0.2, 0.25) is 0 Å². The van der Waals surface area contributed by atoms with Gasteiger partial charge in [-0.3, -0.25) is 4.90 Å². The van der Waals surface area contributed by atoms with E-state index in [0.29, 0.717) is 6.54 Å². The van der Waals surface area contributed by atoms with Crippen LogP contribution in [0.4, 0.5) is 10.5 Å². The first kappa shape index (κ1) is 20.7. The molecule has 2 amide bonds. The Labute approximate surface area is 181 Å². The van der Waals surface area contributed by atoms with E-state index in [1.165, 1.54) is 5.52 Å². The van der Waals surface area contributed by atoms with Gasteiger partial charge in [0.1, 0.15) is 0 Å². The smallest absolute Gasteiger partial charge is 0.319 e. The van der Waals surface area contributed by atoms with Crippen molar-refractivity contribution >= 4 is 34.2 Å². The first-order valence-corrected chi connectivity index (χ1v) is 10.7. The summed E-state index contributed by atoms with van der Waals surface area (Å²) in [6.07, 6.45) is 2.87. The number of morpholine rings is 1. The number of hydrogen-bond acceptors (Lipinski definition) is 3. The maximum atomic E-state index is 12.2. The summed E-state index contributed by atoms with van der Waals surface area (Å²) in [6.45, 7) is 6.17. The molecule has 3 aromatic rings. The van der Waals surface area contributed by atoms with Gasteiger partial charge in [-0.05, 0) is 48.4 Å². The summed E-state index contributed by atoms with van der Waals surface area (Å²) in [5.74, 6) is 0. The molecule has 0 radical (unpaired) electrons. The van der Waals surface area contributed by atoms with E-state index in [2.05, 4.69) is 38.4 Å². The minimum Gasteiger partial charge on any atom is -0.379 e. The molecule has 1 aliphatic rings. The highest BCUT2D eigenvalue weighted by molar-refractivity contribution is 6.30. The van der Waals surface area contributed by atoms with Gasteiger partial charge in [0, 0.05) is 60.5 Å². The zero-order valence-corrected chi connectivity index (χ0v) is 17.7. The van der Waals surface area contributed by atoms with Gasteiger partial charge < -0.3 is 19.9 Å². The summed E-state index contributed by atoms with van der Waals surface area (Å²) in [5, 5.41) is 7.66. The van der Waals surface area contributed by atoms with Crippen LogP contribution in [0.5, 0.6) is 0 Å². The number of nitrogens with one attached hydrogen (secondary N) is 2. The maximum Gasteiger partial charge on any atom is 0.319 e. The number of nitrogens with zero attached hydrogens (tertiary/aromatic N) is 2. The third kappa shape index (κ3) is 5.53. The molecule has 0 atom stereocenters. The predicted octanol–water partition coefficient (Wildman–Crippen LogP) is 3.99. The number of carbonyl (C=O) groups is 1. The number of benzene rings is 2. The maximum absolute atomic E-state index is 12.2. The Morgan fingerprint density at radius 2 is 1.83 bits per heavy atom. The number of hydrogen-bond donors (Lipinski definition) is 2. The minimum atomic E-state index is -0.199. The molecule has 1 saturated heterocycles. The number of halogens is 1. The Balaban J connectivity index is 1.27. The fraction of sp³-hybridized carbons (Fsp3) is 0.348. The minimum absolute atomic E-state index is 0.199. The van der Waals surface area contributed by atoms with Gasteiger partial charge in [0.15, 0.2) is 0 Å². The number of urea groups is 1. The van der Waals surface area contributed by atoms with E-state index in [4.69, 9.17) is 16.3 Å². The van der Waals surface area contributed by atoms with Crippen LogP contribution in [0.1, 0.15) is 5.56 Å². The molecule has 6 nitrogen and oxygen atoms in total. The highest BCUT2D eigenvalue weighted by Crippen LogP contribution is 2.21. The zero-order valence-electron chi connectivity index (χ0n) is 16.9. The van der Waals surface area contributed by atoms with Crippen molar-refractivity contribution in [1.82, 2.24) is 14.8 Å². The van der Waals surface area contributed by atoms with E-state index in [0.717, 1.165) is 67.5 Å². The zero-order chi connectivity index (χ0) is 20.8. The highest BCUT2D eigenvalue weighted by atomic mass is 35.5. The molecule has 158 valence electrons. The number of carbonyl (C=O) groups excluding carboxylic acids is 1. The fourth-order valence-electron chi connectivity index (χ4n) is 3.69. The second kappa shape index (κ2) is 9.98. The molecule has 0 bridgehead atoms. The monoisotopic (exact) mass is 426 g/mol. The molecular formula is C23H27ClN4O2. The molecule has 30 heavy (non-hydrogen) atoms. The Morgan fingerprint density at radius 3 is 2.63 bits per heavy atom. The first-order chi connectivity index (χ1) is 14.7. The topological polar surface area (TPSA) is 58.5 Å². The average molecular weight is 427 g/mol. The third-order valence-electron chi connectivity index (χ3n) is 5.40. The van der Waals surface area contributed by atoms with Gasteiger partial charge in [-0.1, -0.05) is 23.7 Å².